The summed E-state index contributed by atoms with van der Waals surface area (Å²) in [5.74, 6) is 0.197. The van der Waals surface area contributed by atoms with Crippen molar-refractivity contribution in [2.45, 2.75) is 19.8 Å². The van der Waals surface area contributed by atoms with E-state index in [1.54, 1.807) is 0 Å². The van der Waals surface area contributed by atoms with Gasteiger partial charge >= 0.3 is 0 Å². The van der Waals surface area contributed by atoms with Gasteiger partial charge in [0.2, 0.25) is 0 Å². The van der Waals surface area contributed by atoms with Gasteiger partial charge in [-0.05, 0) is 38.1 Å². The Bertz CT molecular complexity index is 417. The standard InChI is InChI=1S/C15H22N2O/c1-3-13-7-4-5-8-14(13)15(18)17-10-6-9-16(2)11-12-17/h4-5,7-8H,3,6,9-12H2,1-2H3. The molecule has 0 aromatic heterocycles. The number of hydrogen-bond acceptors (Lipinski definition) is 2. The van der Waals surface area contributed by atoms with Crippen molar-refractivity contribution in [2.24, 2.45) is 0 Å². The van der Waals surface area contributed by atoms with Gasteiger partial charge < -0.3 is 9.80 Å². The van der Waals surface area contributed by atoms with Gasteiger partial charge in [0.05, 0.1) is 0 Å². The topological polar surface area (TPSA) is 23.6 Å². The molecular weight excluding hydrogens is 224 g/mol. The molecule has 18 heavy (non-hydrogen) atoms. The van der Waals surface area contributed by atoms with E-state index in [2.05, 4.69) is 24.9 Å². The average molecular weight is 246 g/mol. The Morgan fingerprint density at radius 1 is 1.17 bits per heavy atom. The van der Waals surface area contributed by atoms with E-state index in [0.717, 1.165) is 50.1 Å². The molecular formula is C15H22N2O. The first kappa shape index (κ1) is 13.1. The van der Waals surface area contributed by atoms with Crippen molar-refractivity contribution < 1.29 is 4.79 Å². The molecule has 3 heteroatoms. The van der Waals surface area contributed by atoms with Crippen LogP contribution in [-0.4, -0.2) is 48.9 Å². The van der Waals surface area contributed by atoms with Gasteiger partial charge in [-0.25, -0.2) is 0 Å². The number of benzene rings is 1. The van der Waals surface area contributed by atoms with Crippen molar-refractivity contribution in [1.82, 2.24) is 9.80 Å². The van der Waals surface area contributed by atoms with E-state index in [-0.39, 0.29) is 5.91 Å². The number of nitrogens with zero attached hydrogens (tertiary/aromatic N) is 2. The summed E-state index contributed by atoms with van der Waals surface area (Å²) in [6.45, 7) is 5.87. The normalized spacial score (nSPS) is 17.6. The molecule has 0 unspecified atom stereocenters. The third kappa shape index (κ3) is 2.91. The lowest BCUT2D eigenvalue weighted by molar-refractivity contribution is 0.0762. The number of amides is 1. The van der Waals surface area contributed by atoms with E-state index in [4.69, 9.17) is 0 Å². The lowest BCUT2D eigenvalue weighted by Crippen LogP contribution is -2.35. The lowest BCUT2D eigenvalue weighted by Gasteiger charge is -2.21. The zero-order chi connectivity index (χ0) is 13.0. The first-order chi connectivity index (χ1) is 8.72. The number of aryl methyl sites for hydroxylation is 1. The fraction of sp³-hybridized carbons (Fsp3) is 0.533. The van der Waals surface area contributed by atoms with Gasteiger partial charge in [0.1, 0.15) is 0 Å². The highest BCUT2D eigenvalue weighted by Crippen LogP contribution is 2.14. The second-order valence-electron chi connectivity index (χ2n) is 4.96. The van der Waals surface area contributed by atoms with Crippen LogP contribution in [0, 0.1) is 0 Å². The Labute approximate surface area is 109 Å². The summed E-state index contributed by atoms with van der Waals surface area (Å²) in [6.07, 6.45) is 1.98. The van der Waals surface area contributed by atoms with Crippen LogP contribution in [0.15, 0.2) is 24.3 Å². The highest BCUT2D eigenvalue weighted by molar-refractivity contribution is 5.95. The summed E-state index contributed by atoms with van der Waals surface area (Å²) in [5.41, 5.74) is 2.03. The van der Waals surface area contributed by atoms with E-state index in [0.29, 0.717) is 0 Å². The summed E-state index contributed by atoms with van der Waals surface area (Å²) in [4.78, 5) is 16.8. The van der Waals surface area contributed by atoms with Crippen molar-refractivity contribution in [3.63, 3.8) is 0 Å². The molecule has 1 aromatic carbocycles. The highest BCUT2D eigenvalue weighted by Gasteiger charge is 2.20. The Balaban J connectivity index is 2.15. The summed E-state index contributed by atoms with van der Waals surface area (Å²) < 4.78 is 0. The first-order valence-electron chi connectivity index (χ1n) is 6.78. The largest absolute Gasteiger partial charge is 0.337 e. The van der Waals surface area contributed by atoms with E-state index < -0.39 is 0 Å². The molecule has 3 nitrogen and oxygen atoms in total. The predicted molar refractivity (Wildman–Crippen MR) is 73.8 cm³/mol. The Kier molecular flexibility index (Phi) is 4.37. The maximum Gasteiger partial charge on any atom is 0.254 e. The molecule has 1 fully saturated rings. The van der Waals surface area contributed by atoms with Crippen LogP contribution in [0.1, 0.15) is 29.3 Å². The van der Waals surface area contributed by atoms with Gasteiger partial charge in [0.25, 0.3) is 5.91 Å². The lowest BCUT2D eigenvalue weighted by atomic mass is 10.0. The minimum absolute atomic E-state index is 0.197. The van der Waals surface area contributed by atoms with E-state index in [1.807, 2.05) is 23.1 Å². The zero-order valence-electron chi connectivity index (χ0n) is 11.4. The average Bonchev–Trinajstić information content (AvgIpc) is 2.62. The fourth-order valence-electron chi connectivity index (χ4n) is 2.46. The number of rotatable bonds is 2. The minimum atomic E-state index is 0.197. The molecule has 0 N–H and O–H groups in total. The van der Waals surface area contributed by atoms with Crippen LogP contribution in [0.5, 0.6) is 0 Å². The zero-order valence-corrected chi connectivity index (χ0v) is 11.4. The quantitative estimate of drug-likeness (QED) is 0.797. The first-order valence-corrected chi connectivity index (χ1v) is 6.78. The number of carbonyl (C=O) groups is 1. The van der Waals surface area contributed by atoms with Gasteiger partial charge in [-0.2, -0.15) is 0 Å². The molecule has 0 radical (unpaired) electrons. The molecule has 1 heterocycles. The third-order valence-electron chi connectivity index (χ3n) is 3.64. The van der Waals surface area contributed by atoms with Crippen molar-refractivity contribution >= 4 is 5.91 Å². The summed E-state index contributed by atoms with van der Waals surface area (Å²) in [7, 11) is 2.12. The molecule has 0 aliphatic carbocycles. The van der Waals surface area contributed by atoms with Crippen molar-refractivity contribution in [2.75, 3.05) is 33.2 Å². The number of carbonyl (C=O) groups excluding carboxylic acids is 1. The molecule has 0 saturated carbocycles. The Morgan fingerprint density at radius 3 is 2.72 bits per heavy atom. The fourth-order valence-corrected chi connectivity index (χ4v) is 2.46. The van der Waals surface area contributed by atoms with Crippen LogP contribution in [0.2, 0.25) is 0 Å². The summed E-state index contributed by atoms with van der Waals surface area (Å²) in [6, 6.07) is 7.97. The number of likely N-dealkylation sites (N-methyl/N-ethyl adjacent to an activating group) is 1. The van der Waals surface area contributed by atoms with E-state index >= 15 is 0 Å². The van der Waals surface area contributed by atoms with Crippen LogP contribution < -0.4 is 0 Å². The van der Waals surface area contributed by atoms with Crippen LogP contribution >= 0.6 is 0 Å². The van der Waals surface area contributed by atoms with Crippen molar-refractivity contribution in [1.29, 1.82) is 0 Å². The van der Waals surface area contributed by atoms with Crippen LogP contribution in [0.3, 0.4) is 0 Å². The van der Waals surface area contributed by atoms with Gasteiger partial charge in [0, 0.05) is 25.2 Å². The van der Waals surface area contributed by atoms with Crippen molar-refractivity contribution in [3.8, 4) is 0 Å². The molecule has 0 bridgehead atoms. The Hall–Kier alpha value is -1.35. The van der Waals surface area contributed by atoms with Gasteiger partial charge in [0.15, 0.2) is 0 Å². The summed E-state index contributed by atoms with van der Waals surface area (Å²) in [5, 5.41) is 0. The van der Waals surface area contributed by atoms with E-state index in [1.165, 1.54) is 0 Å². The highest BCUT2D eigenvalue weighted by atomic mass is 16.2. The maximum absolute atomic E-state index is 12.5. The smallest absolute Gasteiger partial charge is 0.254 e. The van der Waals surface area contributed by atoms with Gasteiger partial charge in [-0.15, -0.1) is 0 Å². The molecule has 1 saturated heterocycles. The molecule has 1 amide bonds. The van der Waals surface area contributed by atoms with Crippen LogP contribution in [0.25, 0.3) is 0 Å². The third-order valence-corrected chi connectivity index (χ3v) is 3.64. The minimum Gasteiger partial charge on any atom is -0.337 e. The molecule has 1 aliphatic rings. The molecule has 0 atom stereocenters. The SMILES string of the molecule is CCc1ccccc1C(=O)N1CCCN(C)CC1. The molecule has 1 aliphatic heterocycles. The molecule has 2 rings (SSSR count). The van der Waals surface area contributed by atoms with Crippen molar-refractivity contribution in [3.05, 3.63) is 35.4 Å². The van der Waals surface area contributed by atoms with Crippen LogP contribution in [-0.2, 0) is 6.42 Å². The monoisotopic (exact) mass is 246 g/mol. The predicted octanol–water partition coefficient (Wildman–Crippen LogP) is 2.03. The van der Waals surface area contributed by atoms with E-state index in [9.17, 15) is 4.79 Å². The Morgan fingerprint density at radius 2 is 1.94 bits per heavy atom. The second kappa shape index (κ2) is 6.01. The van der Waals surface area contributed by atoms with Gasteiger partial charge in [-0.3, -0.25) is 4.79 Å². The molecule has 98 valence electrons. The molecule has 1 aromatic rings. The van der Waals surface area contributed by atoms with Crippen LogP contribution in [0.4, 0.5) is 0 Å². The maximum atomic E-state index is 12.5. The number of hydrogen-bond donors (Lipinski definition) is 0. The van der Waals surface area contributed by atoms with Gasteiger partial charge in [-0.1, -0.05) is 25.1 Å². The summed E-state index contributed by atoms with van der Waals surface area (Å²) >= 11 is 0. The second-order valence-corrected chi connectivity index (χ2v) is 4.96. The molecule has 0 spiro atoms.